The number of ether oxygens (including phenoxy) is 1. The number of anilines is 1. The van der Waals surface area contributed by atoms with E-state index in [4.69, 9.17) is 10.5 Å². The second-order valence-electron chi connectivity index (χ2n) is 7.74. The average molecular weight is 444 g/mol. The summed E-state index contributed by atoms with van der Waals surface area (Å²) in [6.07, 6.45) is 2.37. The van der Waals surface area contributed by atoms with Gasteiger partial charge in [0.1, 0.15) is 5.75 Å². The highest BCUT2D eigenvalue weighted by molar-refractivity contribution is 5.93. The van der Waals surface area contributed by atoms with E-state index in [1.807, 2.05) is 31.4 Å². The second-order valence-corrected chi connectivity index (χ2v) is 7.74. The maximum Gasteiger partial charge on any atom is 0.248 e. The highest BCUT2D eigenvalue weighted by atomic mass is 16.5. The minimum absolute atomic E-state index is 0.129. The monoisotopic (exact) mass is 444 g/mol. The van der Waals surface area contributed by atoms with Crippen LogP contribution in [0.15, 0.2) is 48.7 Å². The van der Waals surface area contributed by atoms with Crippen molar-refractivity contribution in [2.24, 2.45) is 5.73 Å². The smallest absolute Gasteiger partial charge is 0.248 e. The first-order valence-corrected chi connectivity index (χ1v) is 10.5. The highest BCUT2D eigenvalue weighted by Gasteiger charge is 2.13. The van der Waals surface area contributed by atoms with Crippen molar-refractivity contribution in [1.29, 1.82) is 0 Å². The van der Waals surface area contributed by atoms with Crippen LogP contribution in [0.1, 0.15) is 39.4 Å². The van der Waals surface area contributed by atoms with Crippen LogP contribution in [0.5, 0.6) is 11.6 Å². The van der Waals surface area contributed by atoms with E-state index < -0.39 is 5.91 Å². The Bertz CT molecular complexity index is 1340. The molecular weight excluding hydrogens is 420 g/mol. The number of nitrogens with one attached hydrogen (secondary N) is 1. The zero-order valence-corrected chi connectivity index (χ0v) is 18.6. The highest BCUT2D eigenvalue weighted by Crippen LogP contribution is 2.22. The van der Waals surface area contributed by atoms with Gasteiger partial charge in [0.05, 0.1) is 17.6 Å². The number of nitrogens with two attached hydrogens (primary N) is 1. The number of primary amides is 1. The van der Waals surface area contributed by atoms with Gasteiger partial charge in [-0.25, -0.2) is 14.5 Å². The summed E-state index contributed by atoms with van der Waals surface area (Å²) in [6.45, 7) is 5.87. The Morgan fingerprint density at radius 3 is 2.67 bits per heavy atom. The van der Waals surface area contributed by atoms with E-state index in [1.54, 1.807) is 36.4 Å². The molecule has 0 unspecified atom stereocenters. The van der Waals surface area contributed by atoms with Crippen molar-refractivity contribution < 1.29 is 14.3 Å². The fourth-order valence-corrected chi connectivity index (χ4v) is 3.61. The summed E-state index contributed by atoms with van der Waals surface area (Å²) >= 11 is 0. The topological polar surface area (TPSA) is 124 Å². The molecule has 3 N–H and O–H groups in total. The number of aryl methyl sites for hydroxylation is 3. The first-order valence-electron chi connectivity index (χ1n) is 10.5. The van der Waals surface area contributed by atoms with Crippen molar-refractivity contribution in [3.63, 3.8) is 0 Å². The number of nitrogens with zero attached hydrogens (tertiary/aromatic N) is 4. The van der Waals surface area contributed by atoms with Crippen LogP contribution >= 0.6 is 0 Å². The van der Waals surface area contributed by atoms with E-state index in [0.29, 0.717) is 35.7 Å². The quantitative estimate of drug-likeness (QED) is 0.449. The maximum atomic E-state index is 12.5. The molecule has 33 heavy (non-hydrogen) atoms. The Hall–Kier alpha value is -4.27. The summed E-state index contributed by atoms with van der Waals surface area (Å²) in [5.74, 6) is 0.108. The third kappa shape index (κ3) is 4.98. The Morgan fingerprint density at radius 1 is 1.12 bits per heavy atom. The van der Waals surface area contributed by atoms with E-state index in [2.05, 4.69) is 20.4 Å². The normalized spacial score (nSPS) is 10.9. The van der Waals surface area contributed by atoms with Crippen LogP contribution in [0.3, 0.4) is 0 Å². The second kappa shape index (κ2) is 9.07. The van der Waals surface area contributed by atoms with Gasteiger partial charge in [0, 0.05) is 35.5 Å². The molecule has 9 nitrogen and oxygen atoms in total. The number of carbonyl (C=O) groups is 2. The summed E-state index contributed by atoms with van der Waals surface area (Å²) < 4.78 is 7.47. The molecule has 0 aliphatic rings. The lowest BCUT2D eigenvalue weighted by Gasteiger charge is -2.11. The summed E-state index contributed by atoms with van der Waals surface area (Å²) in [5.41, 5.74) is 10.8. The van der Waals surface area contributed by atoms with Gasteiger partial charge < -0.3 is 15.8 Å². The van der Waals surface area contributed by atoms with Crippen molar-refractivity contribution >= 4 is 23.1 Å². The molecule has 168 valence electrons. The number of rotatable bonds is 7. The summed E-state index contributed by atoms with van der Waals surface area (Å²) in [7, 11) is 0. The predicted octanol–water partition coefficient (Wildman–Crippen LogP) is 3.51. The molecule has 0 atom stereocenters. The summed E-state index contributed by atoms with van der Waals surface area (Å²) in [5, 5.41) is 7.32. The van der Waals surface area contributed by atoms with Crippen LogP contribution < -0.4 is 15.8 Å². The molecule has 9 heteroatoms. The first kappa shape index (κ1) is 21.9. The fraction of sp³-hybridized carbons (Fsp3) is 0.208. The molecule has 0 saturated heterocycles. The zero-order valence-electron chi connectivity index (χ0n) is 18.6. The van der Waals surface area contributed by atoms with Crippen molar-refractivity contribution in [1.82, 2.24) is 19.6 Å². The minimum atomic E-state index is -0.535. The number of fused-ring (bicyclic) bond motifs is 1. The molecule has 1 aromatic carbocycles. The van der Waals surface area contributed by atoms with Gasteiger partial charge in [0.25, 0.3) is 0 Å². The fourth-order valence-electron chi connectivity index (χ4n) is 3.61. The Labute approximate surface area is 190 Å². The van der Waals surface area contributed by atoms with Gasteiger partial charge in [-0.2, -0.15) is 5.10 Å². The van der Waals surface area contributed by atoms with Gasteiger partial charge in [-0.3, -0.25) is 9.59 Å². The lowest BCUT2D eigenvalue weighted by atomic mass is 10.1. The van der Waals surface area contributed by atoms with Crippen LogP contribution in [0.25, 0.3) is 5.65 Å². The Balaban J connectivity index is 1.37. The Morgan fingerprint density at radius 2 is 1.94 bits per heavy atom. The predicted molar refractivity (Wildman–Crippen MR) is 123 cm³/mol. The van der Waals surface area contributed by atoms with E-state index in [0.717, 1.165) is 28.3 Å². The molecule has 0 fully saturated rings. The maximum absolute atomic E-state index is 12.5. The number of pyridine rings is 1. The molecule has 0 bridgehead atoms. The standard InChI is InChI=1S/C24H24N6O3/c1-14-11-21-27-15(2)20(16(3)30(21)29-14)8-9-22(31)28-18-7-10-23(26-13-18)33-19-6-4-5-17(12-19)24(25)32/h4-7,10-13H,8-9H2,1-3H3,(H2,25,32)(H,28,31). The van der Waals surface area contributed by atoms with Crippen molar-refractivity contribution in [3.05, 3.63) is 76.9 Å². The molecule has 0 aliphatic heterocycles. The lowest BCUT2D eigenvalue weighted by Crippen LogP contribution is -2.14. The first-order chi connectivity index (χ1) is 15.8. The summed E-state index contributed by atoms with van der Waals surface area (Å²) in [4.78, 5) is 32.6. The van der Waals surface area contributed by atoms with Crippen LogP contribution in [0.2, 0.25) is 0 Å². The van der Waals surface area contributed by atoms with E-state index >= 15 is 0 Å². The van der Waals surface area contributed by atoms with E-state index in [-0.39, 0.29) is 5.91 Å². The Kier molecular flexibility index (Phi) is 6.03. The van der Waals surface area contributed by atoms with Gasteiger partial charge in [-0.1, -0.05) is 6.07 Å². The van der Waals surface area contributed by atoms with Gasteiger partial charge in [0.15, 0.2) is 5.65 Å². The number of carbonyl (C=O) groups excluding carboxylic acids is 2. The zero-order chi connectivity index (χ0) is 23.5. The SMILES string of the molecule is Cc1cc2nc(C)c(CCC(=O)Nc3ccc(Oc4cccc(C(N)=O)c4)nc3)c(C)n2n1. The minimum Gasteiger partial charge on any atom is -0.439 e. The van der Waals surface area contributed by atoms with Crippen LogP contribution in [-0.2, 0) is 11.2 Å². The molecular formula is C24H24N6O3. The number of benzene rings is 1. The number of aromatic nitrogens is 4. The largest absolute Gasteiger partial charge is 0.439 e. The molecule has 0 saturated carbocycles. The van der Waals surface area contributed by atoms with E-state index in [9.17, 15) is 9.59 Å². The van der Waals surface area contributed by atoms with Crippen LogP contribution in [-0.4, -0.2) is 31.4 Å². The van der Waals surface area contributed by atoms with Crippen LogP contribution in [0, 0.1) is 20.8 Å². The van der Waals surface area contributed by atoms with Crippen LogP contribution in [0.4, 0.5) is 5.69 Å². The van der Waals surface area contributed by atoms with E-state index in [1.165, 1.54) is 6.20 Å². The van der Waals surface area contributed by atoms with Gasteiger partial charge in [0.2, 0.25) is 17.7 Å². The summed E-state index contributed by atoms with van der Waals surface area (Å²) in [6, 6.07) is 11.8. The molecule has 4 rings (SSSR count). The number of amides is 2. The third-order valence-electron chi connectivity index (χ3n) is 5.25. The lowest BCUT2D eigenvalue weighted by molar-refractivity contribution is -0.116. The average Bonchev–Trinajstić information content (AvgIpc) is 3.15. The van der Waals surface area contributed by atoms with Crippen molar-refractivity contribution in [3.8, 4) is 11.6 Å². The number of hydrogen-bond acceptors (Lipinski definition) is 6. The molecule has 4 aromatic rings. The molecule has 0 aliphatic carbocycles. The molecule has 0 spiro atoms. The van der Waals surface area contributed by atoms with Gasteiger partial charge in [-0.05, 0) is 57.0 Å². The third-order valence-corrected chi connectivity index (χ3v) is 5.25. The molecule has 0 radical (unpaired) electrons. The molecule has 3 heterocycles. The molecule has 3 aromatic heterocycles. The van der Waals surface area contributed by atoms with Gasteiger partial charge >= 0.3 is 0 Å². The van der Waals surface area contributed by atoms with Crippen molar-refractivity contribution in [2.45, 2.75) is 33.6 Å². The van der Waals surface area contributed by atoms with Crippen molar-refractivity contribution in [2.75, 3.05) is 5.32 Å². The van der Waals surface area contributed by atoms with Gasteiger partial charge in [-0.15, -0.1) is 0 Å². The number of hydrogen-bond donors (Lipinski definition) is 2. The molecule has 2 amide bonds.